The van der Waals surface area contributed by atoms with Crippen molar-refractivity contribution in [1.29, 1.82) is 0 Å². The Morgan fingerprint density at radius 2 is 0.293 bits per heavy atom. The van der Waals surface area contributed by atoms with Gasteiger partial charge in [-0.1, -0.05) is 388 Å². The first-order chi connectivity index (χ1) is 57.4. The zero-order chi connectivity index (χ0) is 77.4. The van der Waals surface area contributed by atoms with E-state index in [1.807, 2.05) is 140 Å². The maximum absolute atomic E-state index is 5.34. The van der Waals surface area contributed by atoms with E-state index in [9.17, 15) is 0 Å². The molecule has 0 radical (unpaired) electrons. The van der Waals surface area contributed by atoms with E-state index in [-0.39, 0.29) is 0 Å². The predicted octanol–water partition coefficient (Wildman–Crippen LogP) is 26.3. The quantitative estimate of drug-likeness (QED) is 0.0922. The SMILES string of the molecule is c1ccc(-c2cc(-c3ccccc3)nc(-c3ccc(-c4nc(-c5ccc(-c6cc(-c7ccccc7)nc(-c7ccccc7)c6)cc5)cc5ccccc45)cc3)c2)cc1.c1ccc(-c2nc(-c3ccccc3)nc(-c3ccc(-c4cc5ccccc5c(-c5ccc(-c6nc(-c7ccccc7)nc(-c7ccccc7)n6)cc5)n4)cc3)n2)cc1. The van der Waals surface area contributed by atoms with Gasteiger partial charge in [0.2, 0.25) is 0 Å². The maximum atomic E-state index is 5.34. The minimum absolute atomic E-state index is 0.607. The van der Waals surface area contributed by atoms with Gasteiger partial charge in [-0.25, -0.2) is 49.8 Å². The Kier molecular flexibility index (Phi) is 19.6. The Balaban J connectivity index is 0.000000155. The second-order valence-corrected chi connectivity index (χ2v) is 28.3. The Morgan fingerprint density at radius 3 is 0.569 bits per heavy atom. The number of hydrogen-bond donors (Lipinski definition) is 0. The van der Waals surface area contributed by atoms with Crippen molar-refractivity contribution in [2.24, 2.45) is 0 Å². The number of nitrogens with zero attached hydrogens (tertiary/aromatic N) is 10. The highest BCUT2D eigenvalue weighted by molar-refractivity contribution is 5.99. The normalized spacial score (nSPS) is 11.1. The van der Waals surface area contributed by atoms with Gasteiger partial charge in [-0.15, -0.1) is 0 Å². The highest BCUT2D eigenvalue weighted by Gasteiger charge is 2.20. The third-order valence-electron chi connectivity index (χ3n) is 20.7. The molecule has 0 unspecified atom stereocenters. The van der Waals surface area contributed by atoms with Gasteiger partial charge in [0.25, 0.3) is 0 Å². The predicted molar refractivity (Wildman–Crippen MR) is 473 cm³/mol. The number of benzene rings is 14. The second kappa shape index (κ2) is 32.3. The standard InChI is InChI=1S/C55H37N3.C51H33N7/c1-5-15-38(16-6-1)47-34-50(40-17-7-2-8-18-40)57-53(35-47)43-29-31-45(32-30-43)55-49-24-14-13-23-46(49)33-54(58-55)44-27-25-39(26-28-44)48-36-51(41-19-9-3-10-20-41)56-52(37-48)42-21-11-4-12-22-42;1-5-15-36(16-6-1)46-53-47(37-17-7-2-8-18-37)56-50(55-46)40-29-25-34(26-30-40)44-33-42-23-13-14-24-43(42)45(52-44)35-27-31-41(32-28-35)51-57-48(38-19-9-3-10-20-38)54-49(58-51)39-21-11-4-12-22-39/h1-37H;1-33H. The Hall–Kier alpha value is -15.8. The molecule has 20 rings (SSSR count). The van der Waals surface area contributed by atoms with Crippen molar-refractivity contribution < 1.29 is 0 Å². The molecule has 0 N–H and O–H groups in total. The van der Waals surface area contributed by atoms with Gasteiger partial charge in [-0.3, -0.25) is 0 Å². The summed E-state index contributed by atoms with van der Waals surface area (Å²) < 4.78 is 0. The molecule has 0 fully saturated rings. The molecule has 0 aliphatic heterocycles. The topological polar surface area (TPSA) is 129 Å². The molecule has 0 amide bonds. The summed E-state index contributed by atoms with van der Waals surface area (Å²) in [5.41, 5.74) is 25.9. The van der Waals surface area contributed by atoms with Gasteiger partial charge >= 0.3 is 0 Å². The van der Waals surface area contributed by atoms with E-state index in [1.165, 1.54) is 0 Å². The van der Waals surface area contributed by atoms with Gasteiger partial charge in [0.05, 0.1) is 45.6 Å². The van der Waals surface area contributed by atoms with E-state index in [0.717, 1.165) is 167 Å². The van der Waals surface area contributed by atoms with E-state index >= 15 is 0 Å². The molecule has 0 spiro atoms. The Morgan fingerprint density at radius 1 is 0.112 bits per heavy atom. The van der Waals surface area contributed by atoms with E-state index in [4.69, 9.17) is 49.8 Å². The summed E-state index contributed by atoms with van der Waals surface area (Å²) in [4.78, 5) is 50.2. The molecule has 10 nitrogen and oxygen atoms in total. The third kappa shape index (κ3) is 15.3. The molecular weight excluding hydrogens is 1410 g/mol. The summed E-state index contributed by atoms with van der Waals surface area (Å²) in [6, 6.07) is 146. The Bertz CT molecular complexity index is 6200. The van der Waals surface area contributed by atoms with Gasteiger partial charge in [-0.2, -0.15) is 0 Å². The van der Waals surface area contributed by atoms with Crippen LogP contribution in [0.4, 0.5) is 0 Å². The van der Waals surface area contributed by atoms with Crippen molar-refractivity contribution in [3.05, 3.63) is 425 Å². The van der Waals surface area contributed by atoms with E-state index < -0.39 is 0 Å². The summed E-state index contributed by atoms with van der Waals surface area (Å²) in [6.07, 6.45) is 0. The summed E-state index contributed by atoms with van der Waals surface area (Å²) >= 11 is 0. The molecule has 14 aromatic carbocycles. The van der Waals surface area contributed by atoms with Crippen LogP contribution in [0.5, 0.6) is 0 Å². The second-order valence-electron chi connectivity index (χ2n) is 28.3. The van der Waals surface area contributed by atoms with Crippen molar-refractivity contribution >= 4 is 21.5 Å². The van der Waals surface area contributed by atoms with Gasteiger partial charge in [-0.05, 0) is 69.4 Å². The summed E-state index contributed by atoms with van der Waals surface area (Å²) in [5.74, 6) is 3.73. The molecule has 0 aliphatic carbocycles. The minimum atomic E-state index is 0.607. The number of rotatable bonds is 16. The van der Waals surface area contributed by atoms with E-state index in [0.29, 0.717) is 34.9 Å². The summed E-state index contributed by atoms with van der Waals surface area (Å²) in [6.45, 7) is 0. The molecule has 0 atom stereocenters. The van der Waals surface area contributed by atoms with Crippen LogP contribution in [0.25, 0.3) is 202 Å². The molecule has 6 aromatic heterocycles. The fourth-order valence-electron chi connectivity index (χ4n) is 14.7. The van der Waals surface area contributed by atoms with E-state index in [1.54, 1.807) is 0 Å². The van der Waals surface area contributed by atoms with Gasteiger partial charge in [0.1, 0.15) is 0 Å². The van der Waals surface area contributed by atoms with Crippen LogP contribution in [-0.2, 0) is 0 Å². The third-order valence-corrected chi connectivity index (χ3v) is 20.7. The first kappa shape index (κ1) is 70.6. The molecule has 0 bridgehead atoms. The molecule has 0 saturated heterocycles. The molecule has 116 heavy (non-hydrogen) atoms. The van der Waals surface area contributed by atoms with E-state index in [2.05, 4.69) is 285 Å². The zero-order valence-electron chi connectivity index (χ0n) is 62.9. The van der Waals surface area contributed by atoms with Gasteiger partial charge in [0.15, 0.2) is 34.9 Å². The van der Waals surface area contributed by atoms with Crippen molar-refractivity contribution in [1.82, 2.24) is 49.8 Å². The van der Waals surface area contributed by atoms with Crippen LogP contribution in [0.2, 0.25) is 0 Å². The molecule has 6 heterocycles. The maximum Gasteiger partial charge on any atom is 0.164 e. The van der Waals surface area contributed by atoms with Gasteiger partial charge < -0.3 is 0 Å². The van der Waals surface area contributed by atoms with Crippen LogP contribution in [0.15, 0.2) is 425 Å². The van der Waals surface area contributed by atoms with Crippen molar-refractivity contribution in [2.75, 3.05) is 0 Å². The van der Waals surface area contributed by atoms with Crippen molar-refractivity contribution in [3.63, 3.8) is 0 Å². The van der Waals surface area contributed by atoms with Crippen molar-refractivity contribution in [3.8, 4) is 181 Å². The highest BCUT2D eigenvalue weighted by Crippen LogP contribution is 2.39. The lowest BCUT2D eigenvalue weighted by atomic mass is 9.97. The number of pyridine rings is 4. The molecule has 10 heteroatoms. The fourth-order valence-corrected chi connectivity index (χ4v) is 14.7. The van der Waals surface area contributed by atoms with Crippen LogP contribution in [0.1, 0.15) is 0 Å². The number of hydrogen-bond acceptors (Lipinski definition) is 10. The minimum Gasteiger partial charge on any atom is -0.248 e. The molecule has 544 valence electrons. The lowest BCUT2D eigenvalue weighted by molar-refractivity contribution is 1.07. The molecule has 0 saturated carbocycles. The van der Waals surface area contributed by atoms with Crippen LogP contribution in [0.3, 0.4) is 0 Å². The largest absolute Gasteiger partial charge is 0.248 e. The summed E-state index contributed by atoms with van der Waals surface area (Å²) in [7, 11) is 0. The highest BCUT2D eigenvalue weighted by atomic mass is 15.0. The molecule has 0 aliphatic rings. The van der Waals surface area contributed by atoms with Crippen LogP contribution < -0.4 is 0 Å². The monoisotopic (exact) mass is 1480 g/mol. The smallest absolute Gasteiger partial charge is 0.164 e. The summed E-state index contributed by atoms with van der Waals surface area (Å²) in [5, 5.41) is 4.44. The Labute approximate surface area is 672 Å². The van der Waals surface area contributed by atoms with Crippen LogP contribution >= 0.6 is 0 Å². The average Bonchev–Trinajstić information content (AvgIpc) is 0.777. The lowest BCUT2D eigenvalue weighted by Gasteiger charge is -2.13. The fraction of sp³-hybridized carbons (Fsp3) is 0. The van der Waals surface area contributed by atoms with Crippen molar-refractivity contribution in [2.45, 2.75) is 0 Å². The van der Waals surface area contributed by atoms with Crippen LogP contribution in [-0.4, -0.2) is 49.8 Å². The first-order valence-corrected chi connectivity index (χ1v) is 38.7. The number of fused-ring (bicyclic) bond motifs is 2. The number of aromatic nitrogens is 10. The van der Waals surface area contributed by atoms with Gasteiger partial charge in [0, 0.05) is 88.7 Å². The first-order valence-electron chi connectivity index (χ1n) is 38.7. The average molecular weight is 1480 g/mol. The molecular formula is C106H70N10. The zero-order valence-corrected chi connectivity index (χ0v) is 62.9. The lowest BCUT2D eigenvalue weighted by Crippen LogP contribution is -2.00. The molecule has 20 aromatic rings. The van der Waals surface area contributed by atoms with Crippen LogP contribution in [0, 0.1) is 0 Å².